The van der Waals surface area contributed by atoms with Crippen LogP contribution >= 0.6 is 0 Å². The zero-order valence-electron chi connectivity index (χ0n) is 9.27. The first-order chi connectivity index (χ1) is 7.18. The molecule has 3 nitrogen and oxygen atoms in total. The molecule has 80 valence electrons. The number of hydrogen-bond donors (Lipinski definition) is 1. The van der Waals surface area contributed by atoms with Gasteiger partial charge in [0, 0.05) is 19.5 Å². The maximum Gasteiger partial charge on any atom is 0.191 e. The van der Waals surface area contributed by atoms with Crippen LogP contribution in [0.4, 0.5) is 0 Å². The Bertz CT molecular complexity index is 384. The molecule has 0 saturated heterocycles. The molecule has 0 spiro atoms. The van der Waals surface area contributed by atoms with Gasteiger partial charge >= 0.3 is 0 Å². The minimum absolute atomic E-state index is 0.475. The van der Waals surface area contributed by atoms with Crippen molar-refractivity contribution in [2.24, 2.45) is 10.7 Å². The van der Waals surface area contributed by atoms with Crippen LogP contribution in [0.15, 0.2) is 29.3 Å². The van der Waals surface area contributed by atoms with Crippen molar-refractivity contribution in [3.05, 3.63) is 35.4 Å². The van der Waals surface area contributed by atoms with Crippen LogP contribution in [-0.2, 0) is 0 Å². The number of rotatable bonds is 1. The van der Waals surface area contributed by atoms with Crippen molar-refractivity contribution >= 4 is 5.96 Å². The van der Waals surface area contributed by atoms with Crippen LogP contribution in [0.3, 0.4) is 0 Å². The molecule has 0 radical (unpaired) electrons. The highest BCUT2D eigenvalue weighted by Crippen LogP contribution is 2.23. The third-order valence-corrected chi connectivity index (χ3v) is 2.99. The van der Waals surface area contributed by atoms with Gasteiger partial charge in [-0.15, -0.1) is 0 Å². The van der Waals surface area contributed by atoms with Crippen molar-refractivity contribution in [2.45, 2.75) is 12.8 Å². The fourth-order valence-corrected chi connectivity index (χ4v) is 2.05. The summed E-state index contributed by atoms with van der Waals surface area (Å²) >= 11 is 0. The summed E-state index contributed by atoms with van der Waals surface area (Å²) in [5.41, 5.74) is 8.46. The Labute approximate surface area is 90.6 Å². The van der Waals surface area contributed by atoms with Gasteiger partial charge in [0.15, 0.2) is 5.96 Å². The van der Waals surface area contributed by atoms with Crippen molar-refractivity contribution in [1.29, 1.82) is 0 Å². The first-order valence-electron chi connectivity index (χ1n) is 5.25. The van der Waals surface area contributed by atoms with Gasteiger partial charge in [-0.05, 0) is 18.1 Å². The third-order valence-electron chi connectivity index (χ3n) is 2.99. The van der Waals surface area contributed by atoms with Crippen LogP contribution < -0.4 is 5.73 Å². The van der Waals surface area contributed by atoms with E-state index in [4.69, 9.17) is 5.73 Å². The number of guanidine groups is 1. The minimum atomic E-state index is 0.475. The molecular weight excluding hydrogens is 186 g/mol. The summed E-state index contributed by atoms with van der Waals surface area (Å²) in [7, 11) is 1.99. The summed E-state index contributed by atoms with van der Waals surface area (Å²) in [6.07, 6.45) is 0. The summed E-state index contributed by atoms with van der Waals surface area (Å²) < 4.78 is 0. The maximum atomic E-state index is 5.73. The summed E-state index contributed by atoms with van der Waals surface area (Å²) in [4.78, 5) is 6.34. The van der Waals surface area contributed by atoms with E-state index in [2.05, 4.69) is 36.2 Å². The number of nitrogens with two attached hydrogens (primary N) is 1. The highest BCUT2D eigenvalue weighted by molar-refractivity contribution is 5.78. The molecule has 2 rings (SSSR count). The van der Waals surface area contributed by atoms with E-state index in [1.54, 1.807) is 0 Å². The molecule has 1 aromatic rings. The van der Waals surface area contributed by atoms with Gasteiger partial charge in [0.1, 0.15) is 0 Å². The second-order valence-electron chi connectivity index (χ2n) is 4.13. The fraction of sp³-hybridized carbons (Fsp3) is 0.417. The smallest absolute Gasteiger partial charge is 0.191 e. The summed E-state index contributed by atoms with van der Waals surface area (Å²) in [6.45, 7) is 3.91. The lowest BCUT2D eigenvalue weighted by atomic mass is 9.94. The topological polar surface area (TPSA) is 41.6 Å². The molecule has 1 unspecified atom stereocenters. The third kappa shape index (κ3) is 1.96. The van der Waals surface area contributed by atoms with Gasteiger partial charge in [-0.2, -0.15) is 0 Å². The second kappa shape index (κ2) is 3.93. The Morgan fingerprint density at radius 3 is 2.80 bits per heavy atom. The predicted octanol–water partition coefficient (Wildman–Crippen LogP) is 1.34. The summed E-state index contributed by atoms with van der Waals surface area (Å²) in [5, 5.41) is 0. The normalized spacial score (nSPS) is 21.3. The Hall–Kier alpha value is -1.51. The Balaban J connectivity index is 2.24. The highest BCUT2D eigenvalue weighted by atomic mass is 15.2. The first kappa shape index (κ1) is 10.0. The van der Waals surface area contributed by atoms with Crippen LogP contribution in [0.2, 0.25) is 0 Å². The maximum absolute atomic E-state index is 5.73. The lowest BCUT2D eigenvalue weighted by Crippen LogP contribution is -2.41. The Morgan fingerprint density at radius 1 is 1.40 bits per heavy atom. The van der Waals surface area contributed by atoms with E-state index < -0.39 is 0 Å². The van der Waals surface area contributed by atoms with Gasteiger partial charge in [-0.1, -0.05) is 24.3 Å². The summed E-state index contributed by atoms with van der Waals surface area (Å²) in [6, 6.07) is 8.49. The number of aliphatic imine (C=N–C) groups is 1. The number of nitrogens with zero attached hydrogens (tertiary/aromatic N) is 2. The lowest BCUT2D eigenvalue weighted by molar-refractivity contribution is 0.421. The molecule has 0 amide bonds. The molecule has 1 heterocycles. The Morgan fingerprint density at radius 2 is 2.13 bits per heavy atom. The Kier molecular flexibility index (Phi) is 2.62. The highest BCUT2D eigenvalue weighted by Gasteiger charge is 2.20. The van der Waals surface area contributed by atoms with Gasteiger partial charge < -0.3 is 10.6 Å². The van der Waals surface area contributed by atoms with E-state index in [9.17, 15) is 0 Å². The van der Waals surface area contributed by atoms with Gasteiger partial charge in [-0.3, -0.25) is 4.99 Å². The van der Waals surface area contributed by atoms with Crippen LogP contribution in [0.25, 0.3) is 0 Å². The molecule has 15 heavy (non-hydrogen) atoms. The zero-order valence-corrected chi connectivity index (χ0v) is 9.27. The zero-order chi connectivity index (χ0) is 10.8. The molecule has 1 aromatic carbocycles. The van der Waals surface area contributed by atoms with Crippen LogP contribution in [-0.4, -0.2) is 31.0 Å². The van der Waals surface area contributed by atoms with Crippen LogP contribution in [0.5, 0.6) is 0 Å². The molecule has 1 aliphatic rings. The number of hydrogen-bond acceptors (Lipinski definition) is 3. The molecule has 3 heteroatoms. The molecule has 0 aromatic heterocycles. The lowest BCUT2D eigenvalue weighted by Gasteiger charge is -2.29. The van der Waals surface area contributed by atoms with E-state index in [0.717, 1.165) is 13.1 Å². The van der Waals surface area contributed by atoms with E-state index in [0.29, 0.717) is 11.9 Å². The predicted molar refractivity (Wildman–Crippen MR) is 63.0 cm³/mol. The molecule has 1 atom stereocenters. The average Bonchev–Trinajstić information content (AvgIpc) is 2.23. The van der Waals surface area contributed by atoms with Crippen molar-refractivity contribution in [3.8, 4) is 0 Å². The molecule has 0 fully saturated rings. The van der Waals surface area contributed by atoms with E-state index in [-0.39, 0.29) is 0 Å². The molecule has 0 aliphatic carbocycles. The monoisotopic (exact) mass is 203 g/mol. The van der Waals surface area contributed by atoms with Gasteiger partial charge in [-0.25, -0.2) is 0 Å². The molecule has 0 bridgehead atoms. The van der Waals surface area contributed by atoms with Crippen LogP contribution in [0, 0.1) is 6.92 Å². The standard InChI is InChI=1S/C12H17N3/c1-9-5-3-4-6-11(9)10-7-14-12(13)15(2)8-10/h3-6,10H,7-8H2,1-2H3,(H2,13,14). The number of likely N-dealkylation sites (N-methyl/N-ethyl adjacent to an activating group) is 1. The largest absolute Gasteiger partial charge is 0.370 e. The van der Waals surface area contributed by atoms with Crippen molar-refractivity contribution in [2.75, 3.05) is 20.1 Å². The molecule has 2 N–H and O–H groups in total. The van der Waals surface area contributed by atoms with Gasteiger partial charge in [0.2, 0.25) is 0 Å². The molecular formula is C12H17N3. The van der Waals surface area contributed by atoms with Crippen molar-refractivity contribution in [1.82, 2.24) is 4.90 Å². The van der Waals surface area contributed by atoms with Gasteiger partial charge in [0.25, 0.3) is 0 Å². The van der Waals surface area contributed by atoms with E-state index >= 15 is 0 Å². The van der Waals surface area contributed by atoms with Gasteiger partial charge in [0.05, 0.1) is 6.54 Å². The van der Waals surface area contributed by atoms with Crippen molar-refractivity contribution in [3.63, 3.8) is 0 Å². The SMILES string of the molecule is Cc1ccccc1C1CN=C(N)N(C)C1. The molecule has 0 saturated carbocycles. The fourth-order valence-electron chi connectivity index (χ4n) is 2.05. The minimum Gasteiger partial charge on any atom is -0.370 e. The average molecular weight is 203 g/mol. The van der Waals surface area contributed by atoms with Crippen LogP contribution in [0.1, 0.15) is 17.0 Å². The van der Waals surface area contributed by atoms with E-state index in [1.807, 2.05) is 11.9 Å². The van der Waals surface area contributed by atoms with Crippen molar-refractivity contribution < 1.29 is 0 Å². The number of benzene rings is 1. The molecule has 1 aliphatic heterocycles. The number of aryl methyl sites for hydroxylation is 1. The first-order valence-corrected chi connectivity index (χ1v) is 5.25. The second-order valence-corrected chi connectivity index (χ2v) is 4.13. The van der Waals surface area contributed by atoms with E-state index in [1.165, 1.54) is 11.1 Å². The summed E-state index contributed by atoms with van der Waals surface area (Å²) in [5.74, 6) is 1.13. The quantitative estimate of drug-likeness (QED) is 0.748.